The molecular weight excluding hydrogens is 347 g/mol. The first-order valence-electron chi connectivity index (χ1n) is 8.27. The topological polar surface area (TPSA) is 74.8 Å². The molecule has 2 aromatic rings. The van der Waals surface area contributed by atoms with E-state index in [0.717, 1.165) is 12.1 Å². The molecule has 2 rings (SSSR count). The normalized spacial score (nSPS) is 12.7. The van der Waals surface area contributed by atoms with Crippen molar-refractivity contribution in [3.05, 3.63) is 62.8 Å². The number of carbonyl (C=O) groups excluding carboxylic acids is 1. The summed E-state index contributed by atoms with van der Waals surface area (Å²) >= 11 is 0. The van der Waals surface area contributed by atoms with E-state index in [2.05, 4.69) is 15.3 Å². The summed E-state index contributed by atoms with van der Waals surface area (Å²) in [5.41, 5.74) is -0.264. The van der Waals surface area contributed by atoms with Crippen LogP contribution in [0.25, 0.3) is 0 Å². The third-order valence-electron chi connectivity index (χ3n) is 4.05. The van der Waals surface area contributed by atoms with Gasteiger partial charge in [0, 0.05) is 12.0 Å². The third-order valence-corrected chi connectivity index (χ3v) is 4.05. The second-order valence-corrected chi connectivity index (χ2v) is 5.86. The Bertz CT molecular complexity index is 842. The number of alkyl halides is 3. The lowest BCUT2D eigenvalue weighted by molar-refractivity contribution is -0.137. The standard InChI is InChI=1S/C18H20F3N3O2/c1-4-13-15(23-14(5-2)24-16(13)25)17(26)22-10(3)11-6-8-12(9-7-11)18(19,20)21/h6-10H,4-5H2,1-3H3,(H,22,26)(H,23,24,25). The lowest BCUT2D eigenvalue weighted by atomic mass is 10.1. The molecule has 1 amide bonds. The zero-order valence-corrected chi connectivity index (χ0v) is 14.7. The second-order valence-electron chi connectivity index (χ2n) is 5.86. The first-order chi connectivity index (χ1) is 12.2. The zero-order chi connectivity index (χ0) is 19.5. The van der Waals surface area contributed by atoms with Crippen LogP contribution in [0.4, 0.5) is 13.2 Å². The smallest absolute Gasteiger partial charge is 0.344 e. The van der Waals surface area contributed by atoms with Crippen molar-refractivity contribution < 1.29 is 18.0 Å². The molecule has 0 aliphatic rings. The number of aryl methyl sites for hydroxylation is 1. The Kier molecular flexibility index (Phi) is 5.84. The minimum atomic E-state index is -4.41. The van der Waals surface area contributed by atoms with Gasteiger partial charge in [-0.25, -0.2) is 4.98 Å². The van der Waals surface area contributed by atoms with Crippen LogP contribution in [0.2, 0.25) is 0 Å². The van der Waals surface area contributed by atoms with E-state index in [1.165, 1.54) is 12.1 Å². The van der Waals surface area contributed by atoms with Gasteiger partial charge in [-0.1, -0.05) is 26.0 Å². The maximum Gasteiger partial charge on any atom is 0.416 e. The van der Waals surface area contributed by atoms with Crippen LogP contribution in [0, 0.1) is 0 Å². The highest BCUT2D eigenvalue weighted by Gasteiger charge is 2.30. The van der Waals surface area contributed by atoms with Gasteiger partial charge in [-0.2, -0.15) is 13.2 Å². The van der Waals surface area contributed by atoms with Gasteiger partial charge in [0.05, 0.1) is 11.6 Å². The molecule has 5 nitrogen and oxygen atoms in total. The molecule has 1 aromatic heterocycles. The Morgan fingerprint density at radius 3 is 2.31 bits per heavy atom. The highest BCUT2D eigenvalue weighted by Crippen LogP contribution is 2.29. The number of rotatable bonds is 5. The van der Waals surface area contributed by atoms with Crippen molar-refractivity contribution >= 4 is 5.91 Å². The van der Waals surface area contributed by atoms with Gasteiger partial charge in [0.2, 0.25) is 0 Å². The second kappa shape index (κ2) is 7.72. The van der Waals surface area contributed by atoms with Crippen LogP contribution < -0.4 is 10.9 Å². The number of hydrogen-bond acceptors (Lipinski definition) is 3. The summed E-state index contributed by atoms with van der Waals surface area (Å²) in [5, 5.41) is 2.69. The SMILES string of the molecule is CCc1nc(C(=O)NC(C)c2ccc(C(F)(F)F)cc2)c(CC)c(=O)[nH]1. The number of halogens is 3. The van der Waals surface area contributed by atoms with E-state index < -0.39 is 23.7 Å². The maximum atomic E-state index is 12.6. The summed E-state index contributed by atoms with van der Waals surface area (Å²) in [5.74, 6) is -0.130. The van der Waals surface area contributed by atoms with Crippen molar-refractivity contribution in [3.8, 4) is 0 Å². The number of H-pyrrole nitrogens is 1. The summed E-state index contributed by atoms with van der Waals surface area (Å²) in [6, 6.07) is 4.03. The summed E-state index contributed by atoms with van der Waals surface area (Å²) in [7, 11) is 0. The Morgan fingerprint density at radius 1 is 1.19 bits per heavy atom. The average molecular weight is 367 g/mol. The summed E-state index contributed by atoms with van der Waals surface area (Å²) < 4.78 is 37.9. The van der Waals surface area contributed by atoms with Gasteiger partial charge < -0.3 is 10.3 Å². The Morgan fingerprint density at radius 2 is 1.81 bits per heavy atom. The molecule has 1 aromatic carbocycles. The van der Waals surface area contributed by atoms with Crippen LogP contribution in [0.3, 0.4) is 0 Å². The predicted molar refractivity (Wildman–Crippen MR) is 90.9 cm³/mol. The van der Waals surface area contributed by atoms with Gasteiger partial charge in [0.25, 0.3) is 11.5 Å². The average Bonchev–Trinajstić information content (AvgIpc) is 2.60. The molecular formula is C18H20F3N3O2. The molecule has 0 saturated heterocycles. The minimum Gasteiger partial charge on any atom is -0.344 e. The highest BCUT2D eigenvalue weighted by atomic mass is 19.4. The number of benzene rings is 1. The molecule has 0 fully saturated rings. The van der Waals surface area contributed by atoms with Gasteiger partial charge in [0.1, 0.15) is 11.5 Å². The van der Waals surface area contributed by atoms with Crippen molar-refractivity contribution in [3.63, 3.8) is 0 Å². The van der Waals surface area contributed by atoms with Crippen LogP contribution in [0.5, 0.6) is 0 Å². The van der Waals surface area contributed by atoms with Gasteiger partial charge in [0.15, 0.2) is 0 Å². The van der Waals surface area contributed by atoms with E-state index in [1.807, 2.05) is 0 Å². The summed E-state index contributed by atoms with van der Waals surface area (Å²) in [6.07, 6.45) is -3.61. The first kappa shape index (κ1) is 19.7. The number of nitrogens with one attached hydrogen (secondary N) is 2. The quantitative estimate of drug-likeness (QED) is 0.850. The van der Waals surface area contributed by atoms with Crippen LogP contribution >= 0.6 is 0 Å². The Balaban J connectivity index is 2.24. The van der Waals surface area contributed by atoms with Gasteiger partial charge >= 0.3 is 6.18 Å². The van der Waals surface area contributed by atoms with Crippen LogP contribution in [-0.4, -0.2) is 15.9 Å². The van der Waals surface area contributed by atoms with Gasteiger partial charge in [-0.05, 0) is 31.0 Å². The van der Waals surface area contributed by atoms with Gasteiger partial charge in [-0.3, -0.25) is 9.59 Å². The molecule has 140 valence electrons. The highest BCUT2D eigenvalue weighted by molar-refractivity contribution is 5.93. The van der Waals surface area contributed by atoms with Crippen LogP contribution in [0.15, 0.2) is 29.1 Å². The Hall–Kier alpha value is -2.64. The lowest BCUT2D eigenvalue weighted by Crippen LogP contribution is -2.32. The van der Waals surface area contributed by atoms with Crippen molar-refractivity contribution in [2.24, 2.45) is 0 Å². The monoisotopic (exact) mass is 367 g/mol. The molecule has 0 aliphatic carbocycles. The number of carbonyl (C=O) groups is 1. The molecule has 26 heavy (non-hydrogen) atoms. The minimum absolute atomic E-state index is 0.0480. The number of nitrogens with zero attached hydrogens (tertiary/aromatic N) is 1. The fraction of sp³-hybridized carbons (Fsp3) is 0.389. The van der Waals surface area contributed by atoms with Gasteiger partial charge in [-0.15, -0.1) is 0 Å². The third kappa shape index (κ3) is 4.30. The number of amides is 1. The molecule has 1 heterocycles. The zero-order valence-electron chi connectivity index (χ0n) is 14.7. The first-order valence-corrected chi connectivity index (χ1v) is 8.27. The molecule has 0 spiro atoms. The van der Waals surface area contributed by atoms with Crippen molar-refractivity contribution in [2.45, 2.75) is 45.8 Å². The lowest BCUT2D eigenvalue weighted by Gasteiger charge is -2.16. The van der Waals surface area contributed by atoms with Crippen molar-refractivity contribution in [1.29, 1.82) is 0 Å². The summed E-state index contributed by atoms with van der Waals surface area (Å²) in [4.78, 5) is 31.4. The molecule has 0 radical (unpaired) electrons. The predicted octanol–water partition coefficient (Wildman–Crippen LogP) is 3.40. The number of aromatic nitrogens is 2. The largest absolute Gasteiger partial charge is 0.416 e. The fourth-order valence-electron chi connectivity index (χ4n) is 2.54. The molecule has 0 saturated carbocycles. The number of aromatic amines is 1. The van der Waals surface area contributed by atoms with E-state index in [4.69, 9.17) is 0 Å². The van der Waals surface area contributed by atoms with E-state index in [-0.39, 0.29) is 16.8 Å². The van der Waals surface area contributed by atoms with Crippen LogP contribution in [0.1, 0.15) is 59.8 Å². The molecule has 1 unspecified atom stereocenters. The Labute approximate surface area is 148 Å². The molecule has 2 N–H and O–H groups in total. The van der Waals surface area contributed by atoms with E-state index in [9.17, 15) is 22.8 Å². The van der Waals surface area contributed by atoms with Crippen molar-refractivity contribution in [1.82, 2.24) is 15.3 Å². The molecule has 0 bridgehead atoms. The molecule has 1 atom stereocenters. The van der Waals surface area contributed by atoms with E-state index in [1.54, 1.807) is 20.8 Å². The summed E-state index contributed by atoms with van der Waals surface area (Å²) in [6.45, 7) is 5.20. The molecule has 0 aliphatic heterocycles. The van der Waals surface area contributed by atoms with E-state index >= 15 is 0 Å². The maximum absolute atomic E-state index is 12.6. The van der Waals surface area contributed by atoms with Crippen molar-refractivity contribution in [2.75, 3.05) is 0 Å². The van der Waals surface area contributed by atoms with E-state index in [0.29, 0.717) is 24.2 Å². The molecule has 8 heteroatoms. The van der Waals surface area contributed by atoms with Crippen LogP contribution in [-0.2, 0) is 19.0 Å². The fourth-order valence-corrected chi connectivity index (χ4v) is 2.54. The number of hydrogen-bond donors (Lipinski definition) is 2.